The molecule has 0 saturated carbocycles. The first kappa shape index (κ1) is 19.1. The van der Waals surface area contributed by atoms with Crippen molar-refractivity contribution in [2.45, 2.75) is 25.5 Å². The maximum Gasteiger partial charge on any atom is 0.173 e. The van der Waals surface area contributed by atoms with Crippen LogP contribution in [0.1, 0.15) is 18.4 Å². The largest absolute Gasteiger partial charge is 0.497 e. The Hall–Kier alpha value is -1.63. The molecule has 4 nitrogen and oxygen atoms in total. The molecular weight excluding hydrogens is 412 g/mol. The first-order valence-electron chi connectivity index (χ1n) is 8.70. The van der Waals surface area contributed by atoms with Gasteiger partial charge in [0, 0.05) is 35.9 Å². The van der Waals surface area contributed by atoms with Crippen LogP contribution in [-0.2, 0) is 11.3 Å². The molecule has 0 radical (unpaired) electrons. The van der Waals surface area contributed by atoms with Crippen LogP contribution in [0.5, 0.6) is 5.75 Å². The van der Waals surface area contributed by atoms with E-state index in [1.807, 2.05) is 24.3 Å². The van der Waals surface area contributed by atoms with E-state index >= 15 is 0 Å². The lowest BCUT2D eigenvalue weighted by Crippen LogP contribution is -2.39. The second kappa shape index (κ2) is 9.35. The van der Waals surface area contributed by atoms with Crippen molar-refractivity contribution >= 4 is 38.9 Å². The van der Waals surface area contributed by atoms with Crippen molar-refractivity contribution < 1.29 is 9.47 Å². The minimum absolute atomic E-state index is 0.232. The molecule has 1 atom stereocenters. The number of hydrogen-bond acceptors (Lipinski definition) is 3. The number of nitrogens with one attached hydrogen (secondary N) is 1. The Morgan fingerprint density at radius 2 is 2.12 bits per heavy atom. The van der Waals surface area contributed by atoms with Crippen molar-refractivity contribution in [1.82, 2.24) is 4.90 Å². The van der Waals surface area contributed by atoms with Crippen molar-refractivity contribution in [3.05, 3.63) is 58.6 Å². The molecule has 26 heavy (non-hydrogen) atoms. The lowest BCUT2D eigenvalue weighted by Gasteiger charge is -2.28. The lowest BCUT2D eigenvalue weighted by atomic mass is 10.2. The van der Waals surface area contributed by atoms with E-state index in [0.717, 1.165) is 48.4 Å². The normalized spacial score (nSPS) is 16.3. The van der Waals surface area contributed by atoms with Gasteiger partial charge in [-0.3, -0.25) is 0 Å². The van der Waals surface area contributed by atoms with Gasteiger partial charge in [-0.05, 0) is 54.9 Å². The number of nitrogens with zero attached hydrogens (tertiary/aromatic N) is 1. The number of halogens is 1. The van der Waals surface area contributed by atoms with Crippen LogP contribution >= 0.6 is 28.1 Å². The summed E-state index contributed by atoms with van der Waals surface area (Å²) in [5, 5.41) is 4.03. The van der Waals surface area contributed by atoms with Gasteiger partial charge < -0.3 is 19.7 Å². The Bertz CT molecular complexity index is 733. The molecule has 138 valence electrons. The summed E-state index contributed by atoms with van der Waals surface area (Å²) in [6.07, 6.45) is 2.43. The van der Waals surface area contributed by atoms with Crippen molar-refractivity contribution in [3.8, 4) is 5.75 Å². The molecule has 1 saturated heterocycles. The fourth-order valence-corrected chi connectivity index (χ4v) is 3.49. The molecule has 1 heterocycles. The summed E-state index contributed by atoms with van der Waals surface area (Å²) < 4.78 is 12.2. The van der Waals surface area contributed by atoms with E-state index in [1.165, 1.54) is 5.56 Å². The summed E-state index contributed by atoms with van der Waals surface area (Å²) in [4.78, 5) is 2.17. The number of ether oxygens (including phenoxy) is 2. The molecule has 1 N–H and O–H groups in total. The van der Waals surface area contributed by atoms with Crippen LogP contribution in [0.2, 0.25) is 0 Å². The Morgan fingerprint density at radius 3 is 2.81 bits per heavy atom. The maximum atomic E-state index is 5.82. The van der Waals surface area contributed by atoms with E-state index in [9.17, 15) is 0 Å². The molecule has 0 bridgehead atoms. The van der Waals surface area contributed by atoms with Crippen molar-refractivity contribution in [1.29, 1.82) is 0 Å². The predicted octanol–water partition coefficient (Wildman–Crippen LogP) is 4.84. The molecule has 0 aromatic heterocycles. The second-order valence-electron chi connectivity index (χ2n) is 6.30. The highest BCUT2D eigenvalue weighted by Crippen LogP contribution is 2.20. The third-order valence-corrected chi connectivity index (χ3v) is 5.23. The van der Waals surface area contributed by atoms with Gasteiger partial charge in [-0.25, -0.2) is 0 Å². The van der Waals surface area contributed by atoms with E-state index in [4.69, 9.17) is 21.7 Å². The lowest BCUT2D eigenvalue weighted by molar-refractivity contribution is 0.0905. The van der Waals surface area contributed by atoms with Crippen LogP contribution in [0.25, 0.3) is 0 Å². The Balaban J connectivity index is 1.71. The highest BCUT2D eigenvalue weighted by Gasteiger charge is 2.21. The van der Waals surface area contributed by atoms with Gasteiger partial charge in [-0.2, -0.15) is 0 Å². The average molecular weight is 435 g/mol. The number of hydrogen-bond donors (Lipinski definition) is 1. The quantitative estimate of drug-likeness (QED) is 0.657. The third kappa shape index (κ3) is 5.43. The van der Waals surface area contributed by atoms with E-state index in [1.54, 1.807) is 7.11 Å². The summed E-state index contributed by atoms with van der Waals surface area (Å²) >= 11 is 9.19. The monoisotopic (exact) mass is 434 g/mol. The topological polar surface area (TPSA) is 33.7 Å². The Labute approximate surface area is 168 Å². The zero-order valence-electron chi connectivity index (χ0n) is 14.8. The van der Waals surface area contributed by atoms with E-state index < -0.39 is 0 Å². The first-order valence-corrected chi connectivity index (χ1v) is 9.90. The van der Waals surface area contributed by atoms with Gasteiger partial charge in [0.1, 0.15) is 5.75 Å². The van der Waals surface area contributed by atoms with Gasteiger partial charge in [-0.15, -0.1) is 0 Å². The SMILES string of the molecule is COc1cccc(NC(=S)N(Cc2ccc(Br)cc2)CC2CCCO2)c1. The van der Waals surface area contributed by atoms with Crippen LogP contribution in [0.3, 0.4) is 0 Å². The number of rotatable bonds is 6. The van der Waals surface area contributed by atoms with Crippen molar-refractivity contribution in [2.24, 2.45) is 0 Å². The average Bonchev–Trinajstić information content (AvgIpc) is 3.16. The molecule has 1 aliphatic rings. The van der Waals surface area contributed by atoms with Gasteiger partial charge in [0.25, 0.3) is 0 Å². The molecule has 2 aromatic carbocycles. The van der Waals surface area contributed by atoms with Crippen LogP contribution in [-0.4, -0.2) is 36.4 Å². The van der Waals surface area contributed by atoms with Crippen LogP contribution in [0, 0.1) is 0 Å². The third-order valence-electron chi connectivity index (χ3n) is 4.34. The summed E-state index contributed by atoms with van der Waals surface area (Å²) in [6.45, 7) is 2.36. The molecule has 0 aliphatic carbocycles. The summed E-state index contributed by atoms with van der Waals surface area (Å²) in [5.74, 6) is 0.802. The second-order valence-corrected chi connectivity index (χ2v) is 7.61. The zero-order chi connectivity index (χ0) is 18.4. The van der Waals surface area contributed by atoms with Crippen LogP contribution in [0.15, 0.2) is 53.0 Å². The number of anilines is 1. The van der Waals surface area contributed by atoms with Crippen LogP contribution in [0.4, 0.5) is 5.69 Å². The van der Waals surface area contributed by atoms with Gasteiger partial charge in [0.05, 0.1) is 13.2 Å². The zero-order valence-corrected chi connectivity index (χ0v) is 17.2. The number of methoxy groups -OCH3 is 1. The molecule has 1 unspecified atom stereocenters. The molecule has 3 rings (SSSR count). The van der Waals surface area contributed by atoms with E-state index in [2.05, 4.69) is 50.4 Å². The molecular formula is C20H23BrN2O2S. The fraction of sp³-hybridized carbons (Fsp3) is 0.350. The predicted molar refractivity (Wildman–Crippen MR) is 113 cm³/mol. The van der Waals surface area contributed by atoms with E-state index in [-0.39, 0.29) is 6.10 Å². The summed E-state index contributed by atoms with van der Waals surface area (Å²) in [5.41, 5.74) is 2.13. The summed E-state index contributed by atoms with van der Waals surface area (Å²) in [6, 6.07) is 16.1. The fourth-order valence-electron chi connectivity index (χ4n) is 2.97. The minimum atomic E-state index is 0.232. The summed E-state index contributed by atoms with van der Waals surface area (Å²) in [7, 11) is 1.66. The van der Waals surface area contributed by atoms with Crippen molar-refractivity contribution in [2.75, 3.05) is 25.6 Å². The highest BCUT2D eigenvalue weighted by atomic mass is 79.9. The molecule has 6 heteroatoms. The molecule has 2 aromatic rings. The van der Waals surface area contributed by atoms with Crippen LogP contribution < -0.4 is 10.1 Å². The maximum absolute atomic E-state index is 5.82. The van der Waals surface area contributed by atoms with Crippen molar-refractivity contribution in [3.63, 3.8) is 0 Å². The van der Waals surface area contributed by atoms with Gasteiger partial charge in [0.15, 0.2) is 5.11 Å². The minimum Gasteiger partial charge on any atom is -0.497 e. The first-order chi connectivity index (χ1) is 12.6. The number of benzene rings is 2. The highest BCUT2D eigenvalue weighted by molar-refractivity contribution is 9.10. The Kier molecular flexibility index (Phi) is 6.88. The molecule has 1 aliphatic heterocycles. The molecule has 0 spiro atoms. The van der Waals surface area contributed by atoms with E-state index in [0.29, 0.717) is 5.11 Å². The smallest absolute Gasteiger partial charge is 0.173 e. The number of thiocarbonyl (C=S) groups is 1. The van der Waals surface area contributed by atoms with Gasteiger partial charge >= 0.3 is 0 Å². The molecule has 0 amide bonds. The van der Waals surface area contributed by atoms with Gasteiger partial charge in [0.2, 0.25) is 0 Å². The van der Waals surface area contributed by atoms with Gasteiger partial charge in [-0.1, -0.05) is 34.1 Å². The molecule has 1 fully saturated rings. The standard InChI is InChI=1S/C20H23BrN2O2S/c1-24-18-5-2-4-17(12-18)22-20(26)23(14-19-6-3-11-25-19)13-15-7-9-16(21)10-8-15/h2,4-5,7-10,12,19H,3,6,11,13-14H2,1H3,(H,22,26). The Morgan fingerprint density at radius 1 is 1.31 bits per heavy atom.